The highest BCUT2D eigenvalue weighted by atomic mass is 19.3. The molecule has 0 bridgehead atoms. The third-order valence-electron chi connectivity index (χ3n) is 2.41. The fourth-order valence-electron chi connectivity index (χ4n) is 1.21. The summed E-state index contributed by atoms with van der Waals surface area (Å²) in [6.07, 6.45) is 0. The molecular weight excluding hydrogens is 184 g/mol. The summed E-state index contributed by atoms with van der Waals surface area (Å²) in [6, 6.07) is 5.49. The smallest absolute Gasteiger partial charge is 0.287 e. The van der Waals surface area contributed by atoms with Crippen molar-refractivity contribution in [1.29, 1.82) is 0 Å². The van der Waals surface area contributed by atoms with E-state index in [-0.39, 0.29) is 5.56 Å². The third kappa shape index (κ3) is 2.10. The van der Waals surface area contributed by atoms with Crippen LogP contribution < -0.4 is 5.32 Å². The van der Waals surface area contributed by atoms with Gasteiger partial charge in [-0.25, -0.2) is 0 Å². The van der Waals surface area contributed by atoms with E-state index in [0.29, 0.717) is 0 Å². The largest absolute Gasteiger partial charge is 0.312 e. The topological polar surface area (TPSA) is 12.0 Å². The summed E-state index contributed by atoms with van der Waals surface area (Å²) in [7, 11) is 1.53. The SMILES string of the molecule is CNC(C)C(F)(F)c1ccc(C)cc1. The van der Waals surface area contributed by atoms with Crippen LogP contribution in [-0.4, -0.2) is 13.1 Å². The Labute approximate surface area is 83.1 Å². The van der Waals surface area contributed by atoms with Crippen LogP contribution in [0.4, 0.5) is 8.78 Å². The van der Waals surface area contributed by atoms with E-state index < -0.39 is 12.0 Å². The van der Waals surface area contributed by atoms with E-state index in [2.05, 4.69) is 5.32 Å². The molecule has 0 spiro atoms. The van der Waals surface area contributed by atoms with Gasteiger partial charge in [-0.15, -0.1) is 0 Å². The maximum Gasteiger partial charge on any atom is 0.287 e. The van der Waals surface area contributed by atoms with Crippen molar-refractivity contribution in [1.82, 2.24) is 5.32 Å². The third-order valence-corrected chi connectivity index (χ3v) is 2.41. The molecule has 78 valence electrons. The number of hydrogen-bond acceptors (Lipinski definition) is 1. The Morgan fingerprint density at radius 2 is 1.71 bits per heavy atom. The molecule has 1 unspecified atom stereocenters. The van der Waals surface area contributed by atoms with Crippen LogP contribution in [0.5, 0.6) is 0 Å². The van der Waals surface area contributed by atoms with Gasteiger partial charge in [-0.3, -0.25) is 0 Å². The highest BCUT2D eigenvalue weighted by molar-refractivity contribution is 5.26. The molecule has 0 heterocycles. The minimum Gasteiger partial charge on any atom is -0.312 e. The molecule has 0 aliphatic carbocycles. The predicted molar refractivity (Wildman–Crippen MR) is 53.6 cm³/mol. The van der Waals surface area contributed by atoms with Gasteiger partial charge < -0.3 is 5.32 Å². The highest BCUT2D eigenvalue weighted by Crippen LogP contribution is 2.31. The molecule has 0 radical (unpaired) electrons. The Kier molecular flexibility index (Phi) is 3.21. The average molecular weight is 199 g/mol. The van der Waals surface area contributed by atoms with Gasteiger partial charge in [-0.1, -0.05) is 29.8 Å². The molecule has 3 heteroatoms. The van der Waals surface area contributed by atoms with Crippen molar-refractivity contribution in [2.45, 2.75) is 25.8 Å². The summed E-state index contributed by atoms with van der Waals surface area (Å²) in [6.45, 7) is 3.35. The van der Waals surface area contributed by atoms with Gasteiger partial charge >= 0.3 is 0 Å². The van der Waals surface area contributed by atoms with Crippen LogP contribution in [0.25, 0.3) is 0 Å². The molecule has 1 N–H and O–H groups in total. The van der Waals surface area contributed by atoms with Gasteiger partial charge in [-0.2, -0.15) is 8.78 Å². The van der Waals surface area contributed by atoms with Crippen molar-refractivity contribution in [3.8, 4) is 0 Å². The van der Waals surface area contributed by atoms with Crippen LogP contribution in [0.15, 0.2) is 24.3 Å². The monoisotopic (exact) mass is 199 g/mol. The molecule has 1 rings (SSSR count). The quantitative estimate of drug-likeness (QED) is 0.789. The first-order valence-electron chi connectivity index (χ1n) is 4.60. The van der Waals surface area contributed by atoms with Crippen molar-refractivity contribution < 1.29 is 8.78 Å². The second-order valence-electron chi connectivity index (χ2n) is 3.50. The Bertz CT molecular complexity index is 293. The van der Waals surface area contributed by atoms with E-state index in [1.54, 1.807) is 12.1 Å². The molecule has 0 aliphatic heterocycles. The number of halogens is 2. The van der Waals surface area contributed by atoms with Crippen molar-refractivity contribution in [2.75, 3.05) is 7.05 Å². The predicted octanol–water partition coefficient (Wildman–Crippen LogP) is 2.69. The highest BCUT2D eigenvalue weighted by Gasteiger charge is 2.37. The number of aryl methyl sites for hydroxylation is 1. The number of likely N-dealkylation sites (N-methyl/N-ethyl adjacent to an activating group) is 1. The first kappa shape index (κ1) is 11.1. The Balaban J connectivity index is 2.97. The Morgan fingerprint density at radius 1 is 1.21 bits per heavy atom. The van der Waals surface area contributed by atoms with Crippen LogP contribution >= 0.6 is 0 Å². The molecule has 0 saturated heterocycles. The van der Waals surface area contributed by atoms with Crippen molar-refractivity contribution >= 4 is 0 Å². The summed E-state index contributed by atoms with van der Waals surface area (Å²) in [4.78, 5) is 0. The second kappa shape index (κ2) is 4.05. The normalized spacial score (nSPS) is 14.1. The molecule has 1 nitrogen and oxygen atoms in total. The lowest BCUT2D eigenvalue weighted by Crippen LogP contribution is -2.38. The average Bonchev–Trinajstić information content (AvgIpc) is 2.17. The molecule has 0 fully saturated rings. The van der Waals surface area contributed by atoms with Crippen molar-refractivity contribution in [3.63, 3.8) is 0 Å². The lowest BCUT2D eigenvalue weighted by atomic mass is 10.0. The Hall–Kier alpha value is -0.960. The van der Waals surface area contributed by atoms with Gasteiger partial charge in [0.15, 0.2) is 0 Å². The van der Waals surface area contributed by atoms with E-state index in [0.717, 1.165) is 5.56 Å². The minimum absolute atomic E-state index is 0.0601. The standard InChI is InChI=1S/C11H15F2N/c1-8-4-6-10(7-5-8)11(12,13)9(2)14-3/h4-7,9,14H,1-3H3. The molecule has 1 aromatic carbocycles. The number of benzene rings is 1. The van der Waals surface area contributed by atoms with Crippen LogP contribution in [0.3, 0.4) is 0 Å². The summed E-state index contributed by atoms with van der Waals surface area (Å²) in [5, 5.41) is 2.57. The number of alkyl halides is 2. The molecule has 0 aromatic heterocycles. The molecule has 0 amide bonds. The zero-order chi connectivity index (χ0) is 10.8. The Morgan fingerprint density at radius 3 is 2.14 bits per heavy atom. The zero-order valence-electron chi connectivity index (χ0n) is 8.64. The fourth-order valence-corrected chi connectivity index (χ4v) is 1.21. The van der Waals surface area contributed by atoms with E-state index in [1.165, 1.54) is 26.1 Å². The first-order chi connectivity index (χ1) is 6.48. The van der Waals surface area contributed by atoms with Crippen LogP contribution in [0.2, 0.25) is 0 Å². The second-order valence-corrected chi connectivity index (χ2v) is 3.50. The van der Waals surface area contributed by atoms with Gasteiger partial charge in [0.1, 0.15) is 0 Å². The van der Waals surface area contributed by atoms with Crippen LogP contribution in [-0.2, 0) is 5.92 Å². The van der Waals surface area contributed by atoms with Gasteiger partial charge in [0.05, 0.1) is 6.04 Å². The molecule has 1 aromatic rings. The van der Waals surface area contributed by atoms with Gasteiger partial charge in [0.2, 0.25) is 0 Å². The van der Waals surface area contributed by atoms with Crippen molar-refractivity contribution in [3.05, 3.63) is 35.4 Å². The van der Waals surface area contributed by atoms with Gasteiger partial charge in [-0.05, 0) is 20.9 Å². The molecule has 14 heavy (non-hydrogen) atoms. The number of nitrogens with one attached hydrogen (secondary N) is 1. The van der Waals surface area contributed by atoms with E-state index in [1.807, 2.05) is 6.92 Å². The van der Waals surface area contributed by atoms with E-state index >= 15 is 0 Å². The van der Waals surface area contributed by atoms with Crippen molar-refractivity contribution in [2.24, 2.45) is 0 Å². The van der Waals surface area contributed by atoms with Gasteiger partial charge in [0, 0.05) is 5.56 Å². The number of rotatable bonds is 3. The maximum atomic E-state index is 13.6. The zero-order valence-corrected chi connectivity index (χ0v) is 8.64. The molecule has 1 atom stereocenters. The summed E-state index contributed by atoms with van der Waals surface area (Å²) >= 11 is 0. The minimum atomic E-state index is -2.82. The van der Waals surface area contributed by atoms with Crippen LogP contribution in [0.1, 0.15) is 18.1 Å². The summed E-state index contributed by atoms with van der Waals surface area (Å²) in [5.74, 6) is -2.82. The summed E-state index contributed by atoms with van der Waals surface area (Å²) < 4.78 is 27.2. The van der Waals surface area contributed by atoms with E-state index in [4.69, 9.17) is 0 Å². The van der Waals surface area contributed by atoms with Gasteiger partial charge in [0.25, 0.3) is 5.92 Å². The van der Waals surface area contributed by atoms with E-state index in [9.17, 15) is 8.78 Å². The lowest BCUT2D eigenvalue weighted by molar-refractivity contribution is -0.0354. The van der Waals surface area contributed by atoms with Crippen LogP contribution in [0, 0.1) is 6.92 Å². The molecule has 0 saturated carbocycles. The fraction of sp³-hybridized carbons (Fsp3) is 0.455. The first-order valence-corrected chi connectivity index (χ1v) is 4.60. The lowest BCUT2D eigenvalue weighted by Gasteiger charge is -2.23. The summed E-state index contributed by atoms with van der Waals surface area (Å²) in [5.41, 5.74) is 1.05. The maximum absolute atomic E-state index is 13.6. The molecule has 0 aliphatic rings. The number of hydrogen-bond donors (Lipinski definition) is 1. The molecular formula is C11H15F2N.